The van der Waals surface area contributed by atoms with Crippen molar-refractivity contribution in [3.63, 3.8) is 0 Å². The maximum atomic E-state index is 14.9. The summed E-state index contributed by atoms with van der Waals surface area (Å²) in [5.74, 6) is -1.79. The SMILES string of the molecule is COCCN1C(=O)CC(CC(=O)N2CCN(Cc3csc(C)n3)CC2)(c2ccccc2F)C1=O. The van der Waals surface area contributed by atoms with Gasteiger partial charge in [-0.25, -0.2) is 9.37 Å². The maximum Gasteiger partial charge on any atom is 0.241 e. The molecule has 4 rings (SSSR count). The molecule has 2 saturated heterocycles. The molecule has 3 amide bonds. The number of nitrogens with zero attached hydrogens (tertiary/aromatic N) is 4. The third-order valence-corrected chi connectivity index (χ3v) is 7.37. The number of carbonyl (C=O) groups excluding carboxylic acids is 3. The Labute approximate surface area is 202 Å². The van der Waals surface area contributed by atoms with Crippen molar-refractivity contribution in [3.8, 4) is 0 Å². The molecule has 2 fully saturated rings. The van der Waals surface area contributed by atoms with Crippen LogP contribution in [0.15, 0.2) is 29.6 Å². The topological polar surface area (TPSA) is 83.1 Å². The molecule has 3 heterocycles. The number of rotatable bonds is 8. The van der Waals surface area contributed by atoms with Gasteiger partial charge in [0.25, 0.3) is 0 Å². The van der Waals surface area contributed by atoms with Crippen molar-refractivity contribution in [1.29, 1.82) is 0 Å². The maximum absolute atomic E-state index is 14.9. The number of thiazole rings is 1. The van der Waals surface area contributed by atoms with Crippen molar-refractivity contribution in [1.82, 2.24) is 19.7 Å². The standard InChI is InChI=1S/C24H29FN4O4S/c1-17-26-18(16-34-17)15-27-7-9-28(10-8-27)21(30)13-24(19-5-3-4-6-20(19)25)14-22(31)29(23(24)32)11-12-33-2/h3-6,16H,7-15H2,1-2H3. The predicted octanol–water partition coefficient (Wildman–Crippen LogP) is 1.97. The van der Waals surface area contributed by atoms with Crippen molar-refractivity contribution in [2.24, 2.45) is 0 Å². The van der Waals surface area contributed by atoms with Crippen LogP contribution in [0.1, 0.15) is 29.1 Å². The van der Waals surface area contributed by atoms with E-state index in [2.05, 4.69) is 9.88 Å². The summed E-state index contributed by atoms with van der Waals surface area (Å²) in [5.41, 5.74) is -0.422. The van der Waals surface area contributed by atoms with Gasteiger partial charge in [-0.2, -0.15) is 0 Å². The Balaban J connectivity index is 1.49. The van der Waals surface area contributed by atoms with Gasteiger partial charge in [-0.3, -0.25) is 24.2 Å². The molecule has 182 valence electrons. The second-order valence-corrected chi connectivity index (χ2v) is 9.84. The fourth-order valence-electron chi connectivity index (χ4n) is 4.74. The predicted molar refractivity (Wildman–Crippen MR) is 125 cm³/mol. The number of amides is 3. The number of benzene rings is 1. The average molecular weight is 489 g/mol. The second-order valence-electron chi connectivity index (χ2n) is 8.77. The van der Waals surface area contributed by atoms with Gasteiger partial charge in [0, 0.05) is 63.6 Å². The molecule has 1 atom stereocenters. The molecule has 0 radical (unpaired) electrons. The molecular weight excluding hydrogens is 459 g/mol. The normalized spacial score (nSPS) is 21.5. The lowest BCUT2D eigenvalue weighted by molar-refractivity contribution is -0.143. The summed E-state index contributed by atoms with van der Waals surface area (Å²) in [6, 6.07) is 5.91. The van der Waals surface area contributed by atoms with Crippen molar-refractivity contribution in [2.45, 2.75) is 31.7 Å². The van der Waals surface area contributed by atoms with Crippen LogP contribution in [0.5, 0.6) is 0 Å². The molecular formula is C24H29FN4O4S. The van der Waals surface area contributed by atoms with Crippen LogP contribution in [0.3, 0.4) is 0 Å². The van der Waals surface area contributed by atoms with Crippen LogP contribution >= 0.6 is 11.3 Å². The number of hydrogen-bond donors (Lipinski definition) is 0. The molecule has 2 aliphatic heterocycles. The first kappa shape index (κ1) is 24.4. The number of piperazine rings is 1. The zero-order valence-electron chi connectivity index (χ0n) is 19.5. The van der Waals surface area contributed by atoms with Gasteiger partial charge in [0.15, 0.2) is 0 Å². The number of hydrogen-bond acceptors (Lipinski definition) is 7. The van der Waals surface area contributed by atoms with E-state index < -0.39 is 23.0 Å². The summed E-state index contributed by atoms with van der Waals surface area (Å²) in [6.45, 7) is 5.33. The molecule has 2 aromatic rings. The summed E-state index contributed by atoms with van der Waals surface area (Å²) in [4.78, 5) is 49.1. The van der Waals surface area contributed by atoms with E-state index in [9.17, 15) is 18.8 Å². The Hall–Kier alpha value is -2.69. The fourth-order valence-corrected chi connectivity index (χ4v) is 5.34. The lowest BCUT2D eigenvalue weighted by Gasteiger charge is -2.36. The third-order valence-electron chi connectivity index (χ3n) is 6.55. The number of ether oxygens (including phenoxy) is 1. The van der Waals surface area contributed by atoms with Gasteiger partial charge in [-0.15, -0.1) is 11.3 Å². The number of aromatic nitrogens is 1. The van der Waals surface area contributed by atoms with Gasteiger partial charge in [0.2, 0.25) is 17.7 Å². The van der Waals surface area contributed by atoms with Crippen LogP contribution in [0.25, 0.3) is 0 Å². The Morgan fingerprint density at radius 1 is 1.21 bits per heavy atom. The number of imide groups is 1. The number of carbonyl (C=O) groups is 3. The van der Waals surface area contributed by atoms with Gasteiger partial charge in [-0.1, -0.05) is 18.2 Å². The summed E-state index contributed by atoms with van der Waals surface area (Å²) < 4.78 is 19.9. The van der Waals surface area contributed by atoms with E-state index in [-0.39, 0.29) is 37.5 Å². The fraction of sp³-hybridized carbons (Fsp3) is 0.500. The molecule has 0 saturated carbocycles. The first-order valence-corrected chi connectivity index (χ1v) is 12.2. The van der Waals surface area contributed by atoms with Crippen LogP contribution in [0.4, 0.5) is 4.39 Å². The molecule has 1 unspecified atom stereocenters. The zero-order chi connectivity index (χ0) is 24.3. The molecule has 0 aliphatic carbocycles. The second kappa shape index (κ2) is 10.3. The number of likely N-dealkylation sites (tertiary alicyclic amines) is 1. The van der Waals surface area contributed by atoms with Gasteiger partial charge < -0.3 is 9.64 Å². The molecule has 0 bridgehead atoms. The smallest absolute Gasteiger partial charge is 0.241 e. The molecule has 1 aromatic heterocycles. The van der Waals surface area contributed by atoms with E-state index in [1.807, 2.05) is 12.3 Å². The highest BCUT2D eigenvalue weighted by Crippen LogP contribution is 2.41. The van der Waals surface area contributed by atoms with Crippen molar-refractivity contribution < 1.29 is 23.5 Å². The van der Waals surface area contributed by atoms with Crippen molar-refractivity contribution in [3.05, 3.63) is 51.7 Å². The van der Waals surface area contributed by atoms with Gasteiger partial charge in [-0.05, 0) is 13.0 Å². The number of aryl methyl sites for hydroxylation is 1. The number of halogens is 1. The van der Waals surface area contributed by atoms with Crippen LogP contribution in [0.2, 0.25) is 0 Å². The van der Waals surface area contributed by atoms with Crippen LogP contribution in [-0.2, 0) is 31.1 Å². The van der Waals surface area contributed by atoms with Gasteiger partial charge in [0.05, 0.1) is 29.3 Å². The molecule has 1 aromatic carbocycles. The van der Waals surface area contributed by atoms with Crippen molar-refractivity contribution in [2.75, 3.05) is 46.4 Å². The molecule has 0 N–H and O–H groups in total. The van der Waals surface area contributed by atoms with E-state index in [4.69, 9.17) is 4.74 Å². The van der Waals surface area contributed by atoms with E-state index in [1.54, 1.807) is 22.3 Å². The zero-order valence-corrected chi connectivity index (χ0v) is 20.3. The van der Waals surface area contributed by atoms with E-state index in [1.165, 1.54) is 25.3 Å². The first-order valence-electron chi connectivity index (χ1n) is 11.3. The highest BCUT2D eigenvalue weighted by atomic mass is 32.1. The van der Waals surface area contributed by atoms with E-state index in [0.29, 0.717) is 26.2 Å². The highest BCUT2D eigenvalue weighted by Gasteiger charge is 2.55. The minimum Gasteiger partial charge on any atom is -0.383 e. The molecule has 2 aliphatic rings. The molecule has 8 nitrogen and oxygen atoms in total. The summed E-state index contributed by atoms with van der Waals surface area (Å²) in [5, 5.41) is 3.07. The Bertz CT molecular complexity index is 1070. The molecule has 0 spiro atoms. The minimum atomic E-state index is -1.54. The summed E-state index contributed by atoms with van der Waals surface area (Å²) in [7, 11) is 1.48. The Kier molecular flexibility index (Phi) is 7.39. The lowest BCUT2D eigenvalue weighted by atomic mass is 9.75. The van der Waals surface area contributed by atoms with Crippen LogP contribution in [-0.4, -0.2) is 83.8 Å². The highest BCUT2D eigenvalue weighted by molar-refractivity contribution is 7.09. The Morgan fingerprint density at radius 3 is 2.59 bits per heavy atom. The van der Waals surface area contributed by atoms with Gasteiger partial charge >= 0.3 is 0 Å². The monoisotopic (exact) mass is 488 g/mol. The Morgan fingerprint density at radius 2 is 1.94 bits per heavy atom. The average Bonchev–Trinajstić information content (AvgIpc) is 3.33. The quantitative estimate of drug-likeness (QED) is 0.529. The lowest BCUT2D eigenvalue weighted by Crippen LogP contribution is -2.51. The molecule has 34 heavy (non-hydrogen) atoms. The van der Waals surface area contributed by atoms with Gasteiger partial charge in [0.1, 0.15) is 5.82 Å². The number of methoxy groups -OCH3 is 1. The van der Waals surface area contributed by atoms with E-state index >= 15 is 0 Å². The summed E-state index contributed by atoms with van der Waals surface area (Å²) in [6.07, 6.45) is -0.474. The largest absolute Gasteiger partial charge is 0.383 e. The van der Waals surface area contributed by atoms with Crippen LogP contribution < -0.4 is 0 Å². The van der Waals surface area contributed by atoms with Crippen LogP contribution in [0, 0.1) is 12.7 Å². The molecule has 10 heteroatoms. The minimum absolute atomic E-state index is 0.0767. The van der Waals surface area contributed by atoms with Crippen molar-refractivity contribution >= 4 is 29.1 Å². The third kappa shape index (κ3) is 4.89. The first-order chi connectivity index (χ1) is 16.3. The van der Waals surface area contributed by atoms with E-state index in [0.717, 1.165) is 22.1 Å². The summed E-state index contributed by atoms with van der Waals surface area (Å²) >= 11 is 1.62.